The van der Waals surface area contributed by atoms with E-state index in [1.54, 1.807) is 41.5 Å². The second kappa shape index (κ2) is 11.1. The van der Waals surface area contributed by atoms with E-state index >= 15 is 0 Å². The van der Waals surface area contributed by atoms with E-state index in [1.807, 2.05) is 25.7 Å². The minimum Gasteiger partial charge on any atom is -0.464 e. The van der Waals surface area contributed by atoms with Gasteiger partial charge in [-0.15, -0.1) is 0 Å². The normalized spacial score (nSPS) is 14.1. The number of rotatable bonds is 10. The molecule has 166 valence electrons. The van der Waals surface area contributed by atoms with E-state index in [9.17, 15) is 14.7 Å². The Labute approximate surface area is 170 Å². The van der Waals surface area contributed by atoms with Crippen molar-refractivity contribution in [2.75, 3.05) is 39.5 Å². The van der Waals surface area contributed by atoms with Gasteiger partial charge in [-0.2, -0.15) is 0 Å². The van der Waals surface area contributed by atoms with Crippen LogP contribution >= 0.6 is 0 Å². The first-order valence-electron chi connectivity index (χ1n) is 9.91. The molecular formula is C21H41NO6. The number of ether oxygens (including phenoxy) is 3. The van der Waals surface area contributed by atoms with Crippen molar-refractivity contribution >= 4 is 11.9 Å². The maximum Gasteiger partial charge on any atom is 0.311 e. The number of carbonyl (C=O) groups is 2. The molecule has 0 radical (unpaired) electrons. The summed E-state index contributed by atoms with van der Waals surface area (Å²) in [5.74, 6) is -0.517. The quantitative estimate of drug-likeness (QED) is 0.443. The van der Waals surface area contributed by atoms with E-state index in [2.05, 4.69) is 0 Å². The number of esters is 2. The molecule has 0 aromatic carbocycles. The number of nitrogens with zero attached hydrogens (tertiary/aromatic N) is 1. The Hall–Kier alpha value is -1.18. The van der Waals surface area contributed by atoms with Gasteiger partial charge >= 0.3 is 11.9 Å². The van der Waals surface area contributed by atoms with Gasteiger partial charge in [0.2, 0.25) is 0 Å². The third kappa shape index (κ3) is 11.6. The highest BCUT2D eigenvalue weighted by molar-refractivity contribution is 5.75. The van der Waals surface area contributed by atoms with Crippen LogP contribution in [0.3, 0.4) is 0 Å². The molecule has 0 rings (SSSR count). The maximum absolute atomic E-state index is 11.9. The van der Waals surface area contributed by atoms with Crippen LogP contribution in [0, 0.1) is 16.2 Å². The molecule has 0 aliphatic heterocycles. The lowest BCUT2D eigenvalue weighted by Crippen LogP contribution is -2.38. The van der Waals surface area contributed by atoms with Gasteiger partial charge in [-0.3, -0.25) is 14.5 Å². The van der Waals surface area contributed by atoms with Crippen molar-refractivity contribution in [2.45, 2.75) is 68.6 Å². The van der Waals surface area contributed by atoms with Crippen LogP contribution in [0.5, 0.6) is 0 Å². The minimum atomic E-state index is -0.869. The molecule has 0 spiro atoms. The molecule has 1 N–H and O–H groups in total. The fourth-order valence-corrected chi connectivity index (χ4v) is 1.85. The molecule has 0 amide bonds. The van der Waals surface area contributed by atoms with E-state index < -0.39 is 17.1 Å². The van der Waals surface area contributed by atoms with Crippen molar-refractivity contribution in [3.05, 3.63) is 0 Å². The summed E-state index contributed by atoms with van der Waals surface area (Å²) in [4.78, 5) is 25.8. The average molecular weight is 404 g/mol. The largest absolute Gasteiger partial charge is 0.464 e. The second-order valence-corrected chi connectivity index (χ2v) is 10.2. The van der Waals surface area contributed by atoms with Crippen molar-refractivity contribution in [1.82, 2.24) is 4.90 Å². The van der Waals surface area contributed by atoms with Gasteiger partial charge in [-0.25, -0.2) is 0 Å². The molecule has 0 saturated heterocycles. The first kappa shape index (κ1) is 26.8. The van der Waals surface area contributed by atoms with Crippen LogP contribution < -0.4 is 0 Å². The zero-order chi connectivity index (χ0) is 22.2. The van der Waals surface area contributed by atoms with Gasteiger partial charge < -0.3 is 19.3 Å². The molecule has 7 nitrogen and oxygen atoms in total. The van der Waals surface area contributed by atoms with Crippen LogP contribution in [-0.4, -0.2) is 67.7 Å². The van der Waals surface area contributed by atoms with Gasteiger partial charge in [0, 0.05) is 25.0 Å². The number of carbonyl (C=O) groups excluding carboxylic acids is 2. The third-order valence-corrected chi connectivity index (χ3v) is 3.93. The van der Waals surface area contributed by atoms with Crippen LogP contribution in [0.4, 0.5) is 0 Å². The molecule has 0 aromatic rings. The van der Waals surface area contributed by atoms with Crippen molar-refractivity contribution in [3.63, 3.8) is 0 Å². The van der Waals surface area contributed by atoms with Crippen LogP contribution in [0.25, 0.3) is 0 Å². The summed E-state index contributed by atoms with van der Waals surface area (Å²) in [6, 6.07) is 0. The first-order chi connectivity index (χ1) is 12.5. The SMILES string of the molecule is CC(C)(C)C(=O)OCCN(CCOC(=O)C(C)(C)C)CCOC(O)C(C)(C)C. The standard InChI is InChI=1S/C21H41NO6/c1-19(2,3)16(23)26-13-10-22(11-14-27-17(24)20(4,5)6)12-15-28-18(25)21(7,8)9/h16,23H,10-15H2,1-9H3. The Bertz CT molecular complexity index is 453. The highest BCUT2D eigenvalue weighted by Crippen LogP contribution is 2.20. The van der Waals surface area contributed by atoms with Crippen molar-refractivity contribution in [2.24, 2.45) is 16.2 Å². The Kier molecular flexibility index (Phi) is 10.7. The third-order valence-electron chi connectivity index (χ3n) is 3.93. The molecule has 7 heteroatoms. The molecule has 0 bridgehead atoms. The van der Waals surface area contributed by atoms with E-state index in [0.717, 1.165) is 0 Å². The molecule has 1 atom stereocenters. The summed E-state index contributed by atoms with van der Waals surface area (Å²) in [5, 5.41) is 10.00. The van der Waals surface area contributed by atoms with Crippen LogP contribution in [0.2, 0.25) is 0 Å². The van der Waals surface area contributed by atoms with Crippen LogP contribution in [0.15, 0.2) is 0 Å². The smallest absolute Gasteiger partial charge is 0.311 e. The number of hydrogen-bond acceptors (Lipinski definition) is 7. The highest BCUT2D eigenvalue weighted by Gasteiger charge is 2.25. The second-order valence-electron chi connectivity index (χ2n) is 10.2. The first-order valence-corrected chi connectivity index (χ1v) is 9.91. The summed E-state index contributed by atoms with van der Waals surface area (Å²) in [6.07, 6.45) is -0.869. The van der Waals surface area contributed by atoms with E-state index in [0.29, 0.717) is 26.2 Å². The Morgan fingerprint density at radius 1 is 0.750 bits per heavy atom. The Morgan fingerprint density at radius 2 is 1.11 bits per heavy atom. The molecule has 0 fully saturated rings. The molecule has 0 aromatic heterocycles. The number of aliphatic hydroxyl groups excluding tert-OH is 1. The predicted molar refractivity (Wildman–Crippen MR) is 109 cm³/mol. The molecule has 0 aliphatic carbocycles. The Morgan fingerprint density at radius 3 is 1.43 bits per heavy atom. The summed E-state index contributed by atoms with van der Waals surface area (Å²) in [7, 11) is 0. The van der Waals surface area contributed by atoms with Gasteiger partial charge in [0.15, 0.2) is 6.29 Å². The summed E-state index contributed by atoms with van der Waals surface area (Å²) in [5.41, 5.74) is -1.46. The maximum atomic E-state index is 11.9. The fraction of sp³-hybridized carbons (Fsp3) is 0.905. The molecule has 1 unspecified atom stereocenters. The van der Waals surface area contributed by atoms with Gasteiger partial charge in [-0.05, 0) is 41.5 Å². The molecular weight excluding hydrogens is 362 g/mol. The summed E-state index contributed by atoms with van der Waals surface area (Å²) < 4.78 is 16.1. The zero-order valence-electron chi connectivity index (χ0n) is 19.3. The molecule has 0 aliphatic rings. The summed E-state index contributed by atoms with van der Waals surface area (Å²) >= 11 is 0. The van der Waals surface area contributed by atoms with Gasteiger partial charge in [0.25, 0.3) is 0 Å². The zero-order valence-corrected chi connectivity index (χ0v) is 19.3. The average Bonchev–Trinajstić information content (AvgIpc) is 2.51. The highest BCUT2D eigenvalue weighted by atomic mass is 16.6. The van der Waals surface area contributed by atoms with Crippen molar-refractivity contribution in [1.29, 1.82) is 0 Å². The van der Waals surface area contributed by atoms with Crippen molar-refractivity contribution < 1.29 is 28.9 Å². The van der Waals surface area contributed by atoms with Crippen molar-refractivity contribution in [3.8, 4) is 0 Å². The number of hydrogen-bond donors (Lipinski definition) is 1. The predicted octanol–water partition coefficient (Wildman–Crippen LogP) is 2.85. The topological polar surface area (TPSA) is 85.3 Å². The van der Waals surface area contributed by atoms with E-state index in [4.69, 9.17) is 14.2 Å². The summed E-state index contributed by atoms with van der Waals surface area (Å²) in [6.45, 7) is 18.8. The molecule has 0 saturated carbocycles. The van der Waals surface area contributed by atoms with E-state index in [1.165, 1.54) is 0 Å². The van der Waals surface area contributed by atoms with Crippen LogP contribution in [-0.2, 0) is 23.8 Å². The Balaban J connectivity index is 4.56. The fourth-order valence-electron chi connectivity index (χ4n) is 1.85. The van der Waals surface area contributed by atoms with Gasteiger partial charge in [0.05, 0.1) is 17.4 Å². The van der Waals surface area contributed by atoms with Gasteiger partial charge in [-0.1, -0.05) is 20.8 Å². The number of aliphatic hydroxyl groups is 1. The molecule has 0 heterocycles. The molecule has 28 heavy (non-hydrogen) atoms. The lowest BCUT2D eigenvalue weighted by Gasteiger charge is -2.28. The minimum absolute atomic E-state index is 0.241. The monoisotopic (exact) mass is 403 g/mol. The lowest BCUT2D eigenvalue weighted by atomic mass is 9.96. The van der Waals surface area contributed by atoms with Crippen LogP contribution in [0.1, 0.15) is 62.3 Å². The van der Waals surface area contributed by atoms with E-state index in [-0.39, 0.29) is 30.6 Å². The van der Waals surface area contributed by atoms with Gasteiger partial charge in [0.1, 0.15) is 13.2 Å². The lowest BCUT2D eigenvalue weighted by molar-refractivity contribution is -0.162.